The van der Waals surface area contributed by atoms with Crippen LogP contribution < -0.4 is 5.32 Å². The maximum absolute atomic E-state index is 13.1. The zero-order valence-corrected chi connectivity index (χ0v) is 16.5. The van der Waals surface area contributed by atoms with Gasteiger partial charge in [0, 0.05) is 12.1 Å². The van der Waals surface area contributed by atoms with E-state index in [9.17, 15) is 18.0 Å². The number of amides is 1. The van der Waals surface area contributed by atoms with E-state index in [0.29, 0.717) is 43.3 Å². The second kappa shape index (κ2) is 8.84. The number of para-hydroxylation sites is 1. The molecule has 3 aromatic rings. The standard InChI is InChI=1S/C21H20F3N5O2/c22-21(23,24)15-5-1-2-6-16(15)26-18(30)13-29-11-8-14(9-12-29)20-27-19(28-31-20)17-7-3-4-10-25-17/h1-7,10,14H,8-9,11-13H2,(H,26,30). The van der Waals surface area contributed by atoms with Crippen LogP contribution in [0.25, 0.3) is 11.5 Å². The number of aromatic nitrogens is 3. The summed E-state index contributed by atoms with van der Waals surface area (Å²) in [5.74, 6) is 0.546. The molecule has 0 saturated carbocycles. The first-order valence-corrected chi connectivity index (χ1v) is 9.83. The van der Waals surface area contributed by atoms with Gasteiger partial charge < -0.3 is 9.84 Å². The number of carbonyl (C=O) groups excluding carboxylic acids is 1. The average molecular weight is 431 g/mol. The molecule has 1 saturated heterocycles. The van der Waals surface area contributed by atoms with Gasteiger partial charge in [0.15, 0.2) is 0 Å². The van der Waals surface area contributed by atoms with Crippen molar-refractivity contribution in [1.82, 2.24) is 20.0 Å². The quantitative estimate of drug-likeness (QED) is 0.658. The Kier molecular flexibility index (Phi) is 5.99. The van der Waals surface area contributed by atoms with Gasteiger partial charge in [0.05, 0.1) is 17.8 Å². The third-order valence-electron chi connectivity index (χ3n) is 5.15. The summed E-state index contributed by atoms with van der Waals surface area (Å²) in [6.45, 7) is 1.21. The topological polar surface area (TPSA) is 84.2 Å². The number of nitrogens with one attached hydrogen (secondary N) is 1. The molecule has 1 fully saturated rings. The molecular weight excluding hydrogens is 411 g/mol. The Bertz CT molecular complexity index is 1030. The van der Waals surface area contributed by atoms with Crippen LogP contribution in [-0.4, -0.2) is 45.6 Å². The van der Waals surface area contributed by atoms with Crippen molar-refractivity contribution in [3.8, 4) is 11.5 Å². The van der Waals surface area contributed by atoms with E-state index in [-0.39, 0.29) is 18.2 Å². The lowest BCUT2D eigenvalue weighted by atomic mass is 9.97. The summed E-state index contributed by atoms with van der Waals surface area (Å²) in [6.07, 6.45) is -1.46. The molecule has 0 radical (unpaired) electrons. The van der Waals surface area contributed by atoms with E-state index in [1.54, 1.807) is 18.3 Å². The normalized spacial score (nSPS) is 15.7. The van der Waals surface area contributed by atoms with Crippen LogP contribution in [-0.2, 0) is 11.0 Å². The predicted octanol–water partition coefficient (Wildman–Crippen LogP) is 3.97. The van der Waals surface area contributed by atoms with E-state index in [2.05, 4.69) is 20.4 Å². The highest BCUT2D eigenvalue weighted by Crippen LogP contribution is 2.34. The number of benzene rings is 1. The third kappa shape index (κ3) is 5.08. The van der Waals surface area contributed by atoms with E-state index in [1.165, 1.54) is 18.2 Å². The van der Waals surface area contributed by atoms with E-state index in [4.69, 9.17) is 4.52 Å². The molecule has 1 amide bonds. The summed E-state index contributed by atoms with van der Waals surface area (Å²) in [5, 5.41) is 6.37. The number of nitrogens with zero attached hydrogens (tertiary/aromatic N) is 4. The van der Waals surface area contributed by atoms with Gasteiger partial charge in [-0.3, -0.25) is 14.7 Å². The minimum Gasteiger partial charge on any atom is -0.339 e. The van der Waals surface area contributed by atoms with Crippen molar-refractivity contribution in [2.75, 3.05) is 25.0 Å². The fraction of sp³-hybridized carbons (Fsp3) is 0.333. The van der Waals surface area contributed by atoms with Crippen molar-refractivity contribution >= 4 is 11.6 Å². The molecule has 31 heavy (non-hydrogen) atoms. The monoisotopic (exact) mass is 431 g/mol. The number of alkyl halides is 3. The van der Waals surface area contributed by atoms with Crippen LogP contribution in [0.3, 0.4) is 0 Å². The Hall–Kier alpha value is -3.27. The smallest absolute Gasteiger partial charge is 0.339 e. The summed E-state index contributed by atoms with van der Waals surface area (Å²) in [7, 11) is 0. The maximum Gasteiger partial charge on any atom is 0.418 e. The molecule has 0 bridgehead atoms. The molecule has 3 heterocycles. The number of pyridine rings is 1. The van der Waals surface area contributed by atoms with Gasteiger partial charge in [-0.2, -0.15) is 18.2 Å². The first-order chi connectivity index (χ1) is 14.9. The molecule has 2 aromatic heterocycles. The van der Waals surface area contributed by atoms with Crippen molar-refractivity contribution in [3.05, 3.63) is 60.1 Å². The summed E-state index contributed by atoms with van der Waals surface area (Å²) >= 11 is 0. The summed E-state index contributed by atoms with van der Waals surface area (Å²) in [4.78, 5) is 22.8. The molecule has 0 spiro atoms. The molecule has 10 heteroatoms. The average Bonchev–Trinajstić information content (AvgIpc) is 3.25. The second-order valence-electron chi connectivity index (χ2n) is 7.31. The Balaban J connectivity index is 1.31. The summed E-state index contributed by atoms with van der Waals surface area (Å²) < 4.78 is 44.7. The molecule has 1 aromatic carbocycles. The summed E-state index contributed by atoms with van der Waals surface area (Å²) in [5.41, 5.74) is -0.462. The van der Waals surface area contributed by atoms with Crippen LogP contribution in [0.2, 0.25) is 0 Å². The Morgan fingerprint density at radius 1 is 1.13 bits per heavy atom. The highest BCUT2D eigenvalue weighted by molar-refractivity contribution is 5.93. The number of anilines is 1. The number of carbonyl (C=O) groups is 1. The van der Waals surface area contributed by atoms with E-state index in [0.717, 1.165) is 6.07 Å². The van der Waals surface area contributed by atoms with Crippen LogP contribution >= 0.6 is 0 Å². The number of hydrogen-bond donors (Lipinski definition) is 1. The molecule has 1 aliphatic rings. The molecule has 0 unspecified atom stereocenters. The van der Waals surface area contributed by atoms with E-state index < -0.39 is 17.6 Å². The van der Waals surface area contributed by atoms with Crippen molar-refractivity contribution < 1.29 is 22.5 Å². The van der Waals surface area contributed by atoms with Gasteiger partial charge in [-0.05, 0) is 50.2 Å². The molecule has 0 atom stereocenters. The van der Waals surface area contributed by atoms with Gasteiger partial charge in [-0.25, -0.2) is 0 Å². The molecule has 1 N–H and O–H groups in total. The highest BCUT2D eigenvalue weighted by atomic mass is 19.4. The minimum atomic E-state index is -4.53. The number of hydrogen-bond acceptors (Lipinski definition) is 6. The Labute approximate surface area is 176 Å². The van der Waals surface area contributed by atoms with Gasteiger partial charge in [0.2, 0.25) is 17.6 Å². The number of rotatable bonds is 5. The second-order valence-corrected chi connectivity index (χ2v) is 7.31. The van der Waals surface area contributed by atoms with Gasteiger partial charge in [-0.1, -0.05) is 23.4 Å². The zero-order valence-electron chi connectivity index (χ0n) is 16.5. The lowest BCUT2D eigenvalue weighted by Crippen LogP contribution is -2.39. The molecule has 162 valence electrons. The Morgan fingerprint density at radius 2 is 1.87 bits per heavy atom. The van der Waals surface area contributed by atoms with E-state index in [1.807, 2.05) is 11.0 Å². The molecule has 7 nitrogen and oxygen atoms in total. The number of likely N-dealkylation sites (tertiary alicyclic amines) is 1. The SMILES string of the molecule is O=C(CN1CCC(c2nc(-c3ccccn3)no2)CC1)Nc1ccccc1C(F)(F)F. The largest absolute Gasteiger partial charge is 0.418 e. The van der Waals surface area contributed by atoms with Crippen LogP contribution in [0.1, 0.15) is 30.2 Å². The molecule has 1 aliphatic heterocycles. The van der Waals surface area contributed by atoms with Crippen molar-refractivity contribution in [2.45, 2.75) is 24.9 Å². The zero-order chi connectivity index (χ0) is 21.8. The maximum atomic E-state index is 13.1. The van der Waals surface area contributed by atoms with Gasteiger partial charge >= 0.3 is 6.18 Å². The first-order valence-electron chi connectivity index (χ1n) is 9.83. The number of piperidine rings is 1. The Morgan fingerprint density at radius 3 is 2.58 bits per heavy atom. The molecule has 0 aliphatic carbocycles. The lowest BCUT2D eigenvalue weighted by Gasteiger charge is -2.29. The van der Waals surface area contributed by atoms with Crippen LogP contribution in [0.5, 0.6) is 0 Å². The van der Waals surface area contributed by atoms with Crippen molar-refractivity contribution in [1.29, 1.82) is 0 Å². The van der Waals surface area contributed by atoms with Gasteiger partial charge in [0.25, 0.3) is 0 Å². The predicted molar refractivity (Wildman–Crippen MR) is 106 cm³/mol. The highest BCUT2D eigenvalue weighted by Gasteiger charge is 2.34. The third-order valence-corrected chi connectivity index (χ3v) is 5.15. The van der Waals surface area contributed by atoms with Gasteiger partial charge in [-0.15, -0.1) is 0 Å². The van der Waals surface area contributed by atoms with Gasteiger partial charge in [0.1, 0.15) is 5.69 Å². The lowest BCUT2D eigenvalue weighted by molar-refractivity contribution is -0.137. The van der Waals surface area contributed by atoms with Crippen molar-refractivity contribution in [3.63, 3.8) is 0 Å². The minimum absolute atomic E-state index is 0.0158. The van der Waals surface area contributed by atoms with E-state index >= 15 is 0 Å². The van der Waals surface area contributed by atoms with Crippen LogP contribution in [0.15, 0.2) is 53.2 Å². The fourth-order valence-corrected chi connectivity index (χ4v) is 3.57. The van der Waals surface area contributed by atoms with Crippen LogP contribution in [0, 0.1) is 0 Å². The number of halogens is 3. The molecular formula is C21H20F3N5O2. The fourth-order valence-electron chi connectivity index (χ4n) is 3.57. The van der Waals surface area contributed by atoms with Crippen LogP contribution in [0.4, 0.5) is 18.9 Å². The first kappa shape index (κ1) is 21.0. The van der Waals surface area contributed by atoms with Crippen molar-refractivity contribution in [2.24, 2.45) is 0 Å². The summed E-state index contributed by atoms with van der Waals surface area (Å²) in [6, 6.07) is 10.4. The molecule has 4 rings (SSSR count).